The van der Waals surface area contributed by atoms with Crippen molar-refractivity contribution in [1.82, 2.24) is 5.16 Å². The van der Waals surface area contributed by atoms with E-state index in [2.05, 4.69) is 9.68 Å². The standard InChI is InChI=1S/C3H3NO.Pb/c1-2-4-5-3-1;/h1-3H;. The monoisotopic (exact) mass is 277 g/mol. The first-order chi connectivity index (χ1) is 2.50. The van der Waals surface area contributed by atoms with Crippen LogP contribution < -0.4 is 0 Å². The minimum absolute atomic E-state index is 0. The van der Waals surface area contributed by atoms with Crippen molar-refractivity contribution in [3.8, 4) is 0 Å². The van der Waals surface area contributed by atoms with Gasteiger partial charge in [0.05, 0.1) is 6.20 Å². The Kier molecular flexibility index (Phi) is 3.40. The van der Waals surface area contributed by atoms with Crippen LogP contribution in [0.15, 0.2) is 23.0 Å². The van der Waals surface area contributed by atoms with Crippen LogP contribution in [0.2, 0.25) is 0 Å². The first-order valence-electron chi connectivity index (χ1n) is 1.34. The first-order valence-corrected chi connectivity index (χ1v) is 1.34. The molecule has 0 saturated heterocycles. The van der Waals surface area contributed by atoms with E-state index in [1.54, 1.807) is 12.3 Å². The van der Waals surface area contributed by atoms with Gasteiger partial charge in [-0.25, -0.2) is 0 Å². The Balaban J connectivity index is 0.000000250. The van der Waals surface area contributed by atoms with Crippen LogP contribution in [-0.4, -0.2) is 32.5 Å². The Bertz CT molecular complexity index is 67.3. The zero-order valence-electron chi connectivity index (χ0n) is 3.09. The SMILES string of the molecule is [Pb].c1cnoc1. The van der Waals surface area contributed by atoms with Crippen molar-refractivity contribution in [2.75, 3.05) is 0 Å². The smallest absolute Gasteiger partial charge is 0.123 e. The molecule has 0 aliphatic carbocycles. The molecule has 2 nitrogen and oxygen atoms in total. The fourth-order valence-electron chi connectivity index (χ4n) is 0.176. The van der Waals surface area contributed by atoms with Gasteiger partial charge >= 0.3 is 0 Å². The van der Waals surface area contributed by atoms with E-state index in [0.29, 0.717) is 0 Å². The summed E-state index contributed by atoms with van der Waals surface area (Å²) in [7, 11) is 0. The Morgan fingerprint density at radius 1 is 1.50 bits per heavy atom. The molecule has 0 spiro atoms. The third-order valence-electron chi connectivity index (χ3n) is 0.347. The topological polar surface area (TPSA) is 26.0 Å². The third kappa shape index (κ3) is 1.54. The molecule has 1 heterocycles. The number of aromatic nitrogens is 1. The molecule has 3 heteroatoms. The third-order valence-corrected chi connectivity index (χ3v) is 0.347. The van der Waals surface area contributed by atoms with E-state index < -0.39 is 0 Å². The molecule has 1 aromatic rings. The van der Waals surface area contributed by atoms with Gasteiger partial charge in [0.2, 0.25) is 0 Å². The summed E-state index contributed by atoms with van der Waals surface area (Å²) in [6.07, 6.45) is 3.10. The van der Waals surface area contributed by atoms with Crippen molar-refractivity contribution < 1.29 is 4.52 Å². The Labute approximate surface area is 55.7 Å². The van der Waals surface area contributed by atoms with E-state index in [-0.39, 0.29) is 27.3 Å². The van der Waals surface area contributed by atoms with Crippen LogP contribution in [-0.2, 0) is 0 Å². The fraction of sp³-hybridized carbons (Fsp3) is 0. The van der Waals surface area contributed by atoms with E-state index in [9.17, 15) is 0 Å². The molecule has 0 aliphatic rings. The second-order valence-electron chi connectivity index (χ2n) is 0.688. The molecule has 6 heavy (non-hydrogen) atoms. The summed E-state index contributed by atoms with van der Waals surface area (Å²) < 4.78 is 4.33. The van der Waals surface area contributed by atoms with Crippen LogP contribution in [0.5, 0.6) is 0 Å². The Hall–Kier alpha value is 0.132. The van der Waals surface area contributed by atoms with Gasteiger partial charge in [-0.05, 0) is 6.07 Å². The predicted octanol–water partition coefficient (Wildman–Crippen LogP) is 0.294. The minimum atomic E-state index is 0. The molecule has 30 valence electrons. The van der Waals surface area contributed by atoms with Crippen LogP contribution in [0.25, 0.3) is 0 Å². The van der Waals surface area contributed by atoms with Crippen molar-refractivity contribution in [3.05, 3.63) is 18.5 Å². The maximum Gasteiger partial charge on any atom is 0.123 e. The molecule has 4 radical (unpaired) electrons. The molecular weight excluding hydrogens is 273 g/mol. The molecule has 0 amide bonds. The fourth-order valence-corrected chi connectivity index (χ4v) is 0.176. The van der Waals surface area contributed by atoms with Gasteiger partial charge in [0.1, 0.15) is 6.26 Å². The van der Waals surface area contributed by atoms with E-state index >= 15 is 0 Å². The molecule has 1 aromatic heterocycles. The molecule has 0 N–H and O–H groups in total. The first kappa shape index (κ1) is 6.13. The molecule has 0 bridgehead atoms. The second-order valence-corrected chi connectivity index (χ2v) is 0.688. The number of rotatable bonds is 0. The number of hydrogen-bond donors (Lipinski definition) is 0. The maximum atomic E-state index is 4.33. The molecule has 0 aromatic carbocycles. The molecule has 1 rings (SSSR count). The number of hydrogen-bond acceptors (Lipinski definition) is 2. The minimum Gasteiger partial charge on any atom is -0.365 e. The summed E-state index contributed by atoms with van der Waals surface area (Å²) in [6.45, 7) is 0. The van der Waals surface area contributed by atoms with Crippen LogP contribution in [0.4, 0.5) is 0 Å². The average molecular weight is 276 g/mol. The van der Waals surface area contributed by atoms with E-state index in [4.69, 9.17) is 0 Å². The predicted molar refractivity (Wildman–Crippen MR) is 22.3 cm³/mol. The average Bonchev–Trinajstić information content (AvgIpc) is 1.76. The van der Waals surface area contributed by atoms with Crippen LogP contribution >= 0.6 is 0 Å². The van der Waals surface area contributed by atoms with Gasteiger partial charge in [0, 0.05) is 27.3 Å². The quantitative estimate of drug-likeness (QED) is 0.637. The van der Waals surface area contributed by atoms with Crippen molar-refractivity contribution in [3.63, 3.8) is 0 Å². The summed E-state index contributed by atoms with van der Waals surface area (Å²) >= 11 is 0. The summed E-state index contributed by atoms with van der Waals surface area (Å²) in [5.74, 6) is 0. The van der Waals surface area contributed by atoms with Crippen molar-refractivity contribution in [2.24, 2.45) is 0 Å². The van der Waals surface area contributed by atoms with Gasteiger partial charge in [0.15, 0.2) is 0 Å². The maximum absolute atomic E-state index is 4.33. The summed E-state index contributed by atoms with van der Waals surface area (Å²) in [5, 5.41) is 3.35. The van der Waals surface area contributed by atoms with Crippen LogP contribution in [0, 0.1) is 0 Å². The Morgan fingerprint density at radius 3 is 2.50 bits per heavy atom. The van der Waals surface area contributed by atoms with Gasteiger partial charge in [-0.2, -0.15) is 0 Å². The molecular formula is C3H3NOPb. The molecule has 0 atom stereocenters. The Morgan fingerprint density at radius 2 is 2.33 bits per heavy atom. The molecule has 0 unspecified atom stereocenters. The van der Waals surface area contributed by atoms with Gasteiger partial charge in [0.25, 0.3) is 0 Å². The van der Waals surface area contributed by atoms with Gasteiger partial charge in [-0.15, -0.1) is 0 Å². The number of nitrogens with zero attached hydrogens (tertiary/aromatic N) is 1. The molecule has 0 saturated carbocycles. The van der Waals surface area contributed by atoms with Gasteiger partial charge < -0.3 is 4.52 Å². The summed E-state index contributed by atoms with van der Waals surface area (Å²) in [4.78, 5) is 0. The summed E-state index contributed by atoms with van der Waals surface area (Å²) in [5.41, 5.74) is 0. The van der Waals surface area contributed by atoms with Gasteiger partial charge in [-0.1, -0.05) is 5.16 Å². The van der Waals surface area contributed by atoms with Crippen LogP contribution in [0.3, 0.4) is 0 Å². The van der Waals surface area contributed by atoms with E-state index in [0.717, 1.165) is 0 Å². The second kappa shape index (κ2) is 3.33. The van der Waals surface area contributed by atoms with Crippen molar-refractivity contribution in [2.45, 2.75) is 0 Å². The molecule has 0 aliphatic heterocycles. The van der Waals surface area contributed by atoms with Crippen molar-refractivity contribution >= 4 is 27.3 Å². The van der Waals surface area contributed by atoms with E-state index in [1.165, 1.54) is 6.26 Å². The van der Waals surface area contributed by atoms with Gasteiger partial charge in [-0.3, -0.25) is 0 Å². The zero-order valence-corrected chi connectivity index (χ0v) is 6.97. The zero-order chi connectivity index (χ0) is 3.54. The largest absolute Gasteiger partial charge is 0.365 e. The van der Waals surface area contributed by atoms with Crippen molar-refractivity contribution in [1.29, 1.82) is 0 Å². The normalized spacial score (nSPS) is 6.67. The molecule has 0 fully saturated rings. The summed E-state index contributed by atoms with van der Waals surface area (Å²) in [6, 6.07) is 1.72. The van der Waals surface area contributed by atoms with Crippen LogP contribution in [0.1, 0.15) is 0 Å². The van der Waals surface area contributed by atoms with E-state index in [1.807, 2.05) is 0 Å².